The van der Waals surface area contributed by atoms with E-state index >= 15 is 0 Å². The van der Waals surface area contributed by atoms with Crippen molar-refractivity contribution in [3.8, 4) is 28.6 Å². The van der Waals surface area contributed by atoms with E-state index in [1.165, 1.54) is 5.56 Å². The third-order valence-electron chi connectivity index (χ3n) is 5.17. The number of aromatic nitrogens is 5. The Morgan fingerprint density at radius 1 is 0.969 bits per heavy atom. The molecule has 0 fully saturated rings. The number of thioether (sulfide) groups is 1. The van der Waals surface area contributed by atoms with Gasteiger partial charge in [0, 0.05) is 17.7 Å². The lowest BCUT2D eigenvalue weighted by Gasteiger charge is -2.11. The molecule has 4 rings (SSSR count). The number of benzene rings is 2. The summed E-state index contributed by atoms with van der Waals surface area (Å²) in [6.07, 6.45) is 2.13. The average molecular weight is 450 g/mol. The fourth-order valence-corrected chi connectivity index (χ4v) is 4.17. The monoisotopic (exact) mass is 449 g/mol. The van der Waals surface area contributed by atoms with Gasteiger partial charge in [0.2, 0.25) is 11.8 Å². The zero-order chi connectivity index (χ0) is 22.5. The molecule has 0 N–H and O–H groups in total. The molecule has 166 valence electrons. The van der Waals surface area contributed by atoms with Gasteiger partial charge >= 0.3 is 0 Å². The summed E-state index contributed by atoms with van der Waals surface area (Å²) >= 11 is 1.58. The Bertz CT molecular complexity index is 1150. The number of ether oxygens (including phenoxy) is 1. The van der Waals surface area contributed by atoms with Crippen molar-refractivity contribution >= 4 is 11.8 Å². The lowest BCUT2D eigenvalue weighted by Crippen LogP contribution is -2.03. The van der Waals surface area contributed by atoms with Crippen molar-refractivity contribution in [1.82, 2.24) is 25.0 Å². The minimum Gasteiger partial charge on any atom is -0.497 e. The number of aryl methyl sites for hydroxylation is 1. The minimum atomic E-state index is -0.0602. The van der Waals surface area contributed by atoms with E-state index in [1.807, 2.05) is 55.5 Å². The predicted octanol–water partition coefficient (Wildman–Crippen LogP) is 5.97. The van der Waals surface area contributed by atoms with Crippen molar-refractivity contribution in [2.24, 2.45) is 0 Å². The molecule has 0 saturated carbocycles. The molecule has 1 atom stereocenters. The van der Waals surface area contributed by atoms with Gasteiger partial charge in [0.1, 0.15) is 5.75 Å². The highest BCUT2D eigenvalue weighted by atomic mass is 32.2. The first-order valence-corrected chi connectivity index (χ1v) is 11.6. The van der Waals surface area contributed by atoms with Crippen LogP contribution in [0.15, 0.2) is 58.1 Å². The molecule has 0 aliphatic rings. The maximum Gasteiger partial charge on any atom is 0.247 e. The number of hydrogen-bond acceptors (Lipinski definition) is 7. The Morgan fingerprint density at radius 3 is 2.38 bits per heavy atom. The molecule has 0 spiro atoms. The van der Waals surface area contributed by atoms with Crippen molar-refractivity contribution in [3.05, 3.63) is 60.0 Å². The van der Waals surface area contributed by atoms with E-state index in [-0.39, 0.29) is 5.25 Å². The Labute approximate surface area is 192 Å². The number of rotatable bonds is 9. The Kier molecular flexibility index (Phi) is 6.90. The molecule has 32 heavy (non-hydrogen) atoms. The van der Waals surface area contributed by atoms with Crippen LogP contribution in [0.1, 0.15) is 43.4 Å². The highest BCUT2D eigenvalue weighted by Gasteiger charge is 2.21. The molecule has 2 aromatic heterocycles. The van der Waals surface area contributed by atoms with Gasteiger partial charge in [0.25, 0.3) is 0 Å². The SMILES string of the molecule is CCCCn1c(S[C@H](C)c2nnc(-c3ccc(C)cc3)o2)nnc1-c1ccc(OC)cc1. The fourth-order valence-electron chi connectivity index (χ4n) is 3.27. The number of methoxy groups -OCH3 is 1. The third kappa shape index (κ3) is 4.85. The smallest absolute Gasteiger partial charge is 0.247 e. The summed E-state index contributed by atoms with van der Waals surface area (Å²) in [4.78, 5) is 0. The summed E-state index contributed by atoms with van der Waals surface area (Å²) in [6, 6.07) is 16.0. The average Bonchev–Trinajstić information content (AvgIpc) is 3.46. The molecule has 8 heteroatoms. The topological polar surface area (TPSA) is 78.9 Å². The Balaban J connectivity index is 1.56. The van der Waals surface area contributed by atoms with Gasteiger partial charge in [-0.2, -0.15) is 0 Å². The summed E-state index contributed by atoms with van der Waals surface area (Å²) in [5.74, 6) is 2.76. The molecule has 0 aliphatic heterocycles. The Hall–Kier alpha value is -3.13. The van der Waals surface area contributed by atoms with Crippen molar-refractivity contribution in [2.45, 2.75) is 50.6 Å². The molecule has 0 bridgehead atoms. The van der Waals surface area contributed by atoms with E-state index in [0.717, 1.165) is 47.2 Å². The fraction of sp³-hybridized carbons (Fsp3) is 0.333. The highest BCUT2D eigenvalue weighted by molar-refractivity contribution is 7.99. The van der Waals surface area contributed by atoms with Crippen LogP contribution in [0.4, 0.5) is 0 Å². The number of nitrogens with zero attached hydrogens (tertiary/aromatic N) is 5. The van der Waals surface area contributed by atoms with E-state index in [2.05, 4.69) is 38.8 Å². The number of hydrogen-bond donors (Lipinski definition) is 0. The molecule has 4 aromatic rings. The van der Waals surface area contributed by atoms with Crippen LogP contribution in [0, 0.1) is 6.92 Å². The largest absolute Gasteiger partial charge is 0.497 e. The Morgan fingerprint density at radius 2 is 1.69 bits per heavy atom. The van der Waals surface area contributed by atoms with Gasteiger partial charge < -0.3 is 13.7 Å². The van der Waals surface area contributed by atoms with Crippen LogP contribution in [-0.2, 0) is 6.54 Å². The molecule has 0 saturated heterocycles. The molecule has 2 aromatic carbocycles. The summed E-state index contributed by atoms with van der Waals surface area (Å²) in [5.41, 5.74) is 3.12. The van der Waals surface area contributed by atoms with Crippen LogP contribution in [0.5, 0.6) is 5.75 Å². The van der Waals surface area contributed by atoms with Crippen LogP contribution in [-0.4, -0.2) is 32.1 Å². The van der Waals surface area contributed by atoms with Crippen LogP contribution in [0.2, 0.25) is 0 Å². The predicted molar refractivity (Wildman–Crippen MR) is 126 cm³/mol. The van der Waals surface area contributed by atoms with Gasteiger partial charge in [-0.25, -0.2) is 0 Å². The first kappa shape index (κ1) is 22.1. The highest BCUT2D eigenvalue weighted by Crippen LogP contribution is 2.36. The summed E-state index contributed by atoms with van der Waals surface area (Å²) in [5, 5.41) is 18.3. The zero-order valence-corrected chi connectivity index (χ0v) is 19.6. The molecule has 0 aliphatic carbocycles. The third-order valence-corrected chi connectivity index (χ3v) is 6.24. The van der Waals surface area contributed by atoms with Gasteiger partial charge in [-0.1, -0.05) is 42.8 Å². The van der Waals surface area contributed by atoms with E-state index in [4.69, 9.17) is 9.15 Å². The zero-order valence-electron chi connectivity index (χ0n) is 18.8. The standard InChI is InChI=1S/C24H27N5O2S/c1-5-6-15-29-21(18-11-13-20(30-4)14-12-18)25-28-24(29)32-17(3)22-26-27-23(31-22)19-9-7-16(2)8-10-19/h7-14,17H,5-6,15H2,1-4H3/t17-/m1/s1. The quantitative estimate of drug-likeness (QED) is 0.291. The van der Waals surface area contributed by atoms with E-state index in [1.54, 1.807) is 18.9 Å². The molecule has 0 radical (unpaired) electrons. The van der Waals surface area contributed by atoms with E-state index < -0.39 is 0 Å². The minimum absolute atomic E-state index is 0.0602. The summed E-state index contributed by atoms with van der Waals surface area (Å²) in [7, 11) is 1.66. The van der Waals surface area contributed by atoms with Crippen molar-refractivity contribution in [2.75, 3.05) is 7.11 Å². The van der Waals surface area contributed by atoms with Gasteiger partial charge in [-0.15, -0.1) is 20.4 Å². The second kappa shape index (κ2) is 9.99. The van der Waals surface area contributed by atoms with Gasteiger partial charge in [0.05, 0.1) is 12.4 Å². The van der Waals surface area contributed by atoms with E-state index in [0.29, 0.717) is 11.8 Å². The molecule has 7 nitrogen and oxygen atoms in total. The lowest BCUT2D eigenvalue weighted by molar-refractivity contribution is 0.415. The van der Waals surface area contributed by atoms with Gasteiger partial charge in [-0.05, 0) is 56.7 Å². The van der Waals surface area contributed by atoms with Crippen molar-refractivity contribution < 1.29 is 9.15 Å². The maximum absolute atomic E-state index is 5.97. The van der Waals surface area contributed by atoms with E-state index in [9.17, 15) is 0 Å². The van der Waals surface area contributed by atoms with Crippen LogP contribution >= 0.6 is 11.8 Å². The maximum atomic E-state index is 5.97. The van der Waals surface area contributed by atoms with Crippen LogP contribution in [0.25, 0.3) is 22.8 Å². The van der Waals surface area contributed by atoms with Crippen molar-refractivity contribution in [1.29, 1.82) is 0 Å². The second-order valence-electron chi connectivity index (χ2n) is 7.61. The summed E-state index contributed by atoms with van der Waals surface area (Å²) < 4.78 is 13.4. The van der Waals surface area contributed by atoms with Gasteiger partial charge in [-0.3, -0.25) is 0 Å². The first-order chi connectivity index (χ1) is 15.6. The molecule has 2 heterocycles. The number of unbranched alkanes of at least 4 members (excludes halogenated alkanes) is 1. The second-order valence-corrected chi connectivity index (χ2v) is 8.92. The van der Waals surface area contributed by atoms with Crippen LogP contribution in [0.3, 0.4) is 0 Å². The molecule has 0 unspecified atom stereocenters. The van der Waals surface area contributed by atoms with Crippen LogP contribution < -0.4 is 4.74 Å². The molecular formula is C24H27N5O2S. The van der Waals surface area contributed by atoms with Crippen molar-refractivity contribution in [3.63, 3.8) is 0 Å². The molecular weight excluding hydrogens is 422 g/mol. The normalized spacial score (nSPS) is 12.1. The summed E-state index contributed by atoms with van der Waals surface area (Å²) in [6.45, 7) is 7.12. The first-order valence-electron chi connectivity index (χ1n) is 10.7. The molecule has 0 amide bonds. The lowest BCUT2D eigenvalue weighted by atomic mass is 10.1. The van der Waals surface area contributed by atoms with Gasteiger partial charge in [0.15, 0.2) is 11.0 Å².